The highest BCUT2D eigenvalue weighted by Gasteiger charge is 2.19. The Kier molecular flexibility index (Phi) is 4.62. The number of pyridine rings is 1. The van der Waals surface area contributed by atoms with Crippen LogP contribution in [0.1, 0.15) is 0 Å². The van der Waals surface area contributed by atoms with E-state index in [0.29, 0.717) is 0 Å². The van der Waals surface area contributed by atoms with Gasteiger partial charge in [-0.25, -0.2) is 19.9 Å². The van der Waals surface area contributed by atoms with Crippen molar-refractivity contribution < 1.29 is 0 Å². The zero-order chi connectivity index (χ0) is 19.5. The second-order valence-electron chi connectivity index (χ2n) is 6.93. The minimum absolute atomic E-state index is 0.794. The predicted octanol–water partition coefficient (Wildman–Crippen LogP) is 3.26. The van der Waals surface area contributed by atoms with Crippen LogP contribution >= 0.6 is 0 Å². The molecule has 7 heteroatoms. The van der Waals surface area contributed by atoms with Crippen LogP contribution in [-0.4, -0.2) is 51.1 Å². The summed E-state index contributed by atoms with van der Waals surface area (Å²) in [5, 5.41) is 0. The Morgan fingerprint density at radius 2 is 1.48 bits per heavy atom. The summed E-state index contributed by atoms with van der Waals surface area (Å²) in [5.74, 6) is 2.61. The summed E-state index contributed by atoms with van der Waals surface area (Å²) >= 11 is 0. The number of aromatic amines is 1. The van der Waals surface area contributed by atoms with Crippen molar-refractivity contribution >= 4 is 11.8 Å². The monoisotopic (exact) mass is 383 g/mol. The normalized spacial score (nSPS) is 14.2. The molecule has 4 aromatic rings. The van der Waals surface area contributed by atoms with E-state index in [-0.39, 0.29) is 0 Å². The minimum Gasteiger partial charge on any atom is -0.353 e. The number of nitrogens with one attached hydrogen (secondary N) is 1. The maximum atomic E-state index is 4.71. The maximum Gasteiger partial charge on any atom is 0.225 e. The number of anilines is 2. The Labute approximate surface area is 169 Å². The van der Waals surface area contributed by atoms with Gasteiger partial charge in [-0.3, -0.25) is 0 Å². The van der Waals surface area contributed by atoms with Crippen LogP contribution in [0.3, 0.4) is 0 Å². The summed E-state index contributed by atoms with van der Waals surface area (Å²) in [6.07, 6.45) is 7.39. The first-order chi connectivity index (χ1) is 14.4. The van der Waals surface area contributed by atoms with Crippen molar-refractivity contribution in [3.63, 3.8) is 0 Å². The Hall–Kier alpha value is -3.74. The van der Waals surface area contributed by atoms with Gasteiger partial charge in [-0.1, -0.05) is 30.3 Å². The predicted molar refractivity (Wildman–Crippen MR) is 114 cm³/mol. The van der Waals surface area contributed by atoms with Gasteiger partial charge in [-0.05, 0) is 18.2 Å². The Bertz CT molecular complexity index is 1050. The van der Waals surface area contributed by atoms with Crippen molar-refractivity contribution in [1.82, 2.24) is 24.9 Å². The summed E-state index contributed by atoms with van der Waals surface area (Å²) < 4.78 is 0. The second kappa shape index (κ2) is 7.71. The van der Waals surface area contributed by atoms with Gasteiger partial charge < -0.3 is 14.8 Å². The van der Waals surface area contributed by atoms with E-state index >= 15 is 0 Å². The quantitative estimate of drug-likeness (QED) is 0.583. The van der Waals surface area contributed by atoms with Gasteiger partial charge in [0.05, 0.1) is 5.69 Å². The first-order valence-electron chi connectivity index (χ1n) is 9.71. The maximum absolute atomic E-state index is 4.71. The van der Waals surface area contributed by atoms with Crippen LogP contribution in [0.25, 0.3) is 22.6 Å². The van der Waals surface area contributed by atoms with Gasteiger partial charge in [0.1, 0.15) is 11.6 Å². The molecule has 5 rings (SSSR count). The van der Waals surface area contributed by atoms with Crippen LogP contribution < -0.4 is 9.80 Å². The van der Waals surface area contributed by atoms with Gasteiger partial charge in [-0.15, -0.1) is 0 Å². The van der Waals surface area contributed by atoms with Crippen LogP contribution in [-0.2, 0) is 0 Å². The van der Waals surface area contributed by atoms with Crippen molar-refractivity contribution in [3.05, 3.63) is 73.3 Å². The Morgan fingerprint density at radius 3 is 2.21 bits per heavy atom. The summed E-state index contributed by atoms with van der Waals surface area (Å²) in [4.78, 5) is 25.8. The third-order valence-corrected chi connectivity index (χ3v) is 5.11. The van der Waals surface area contributed by atoms with Crippen molar-refractivity contribution in [2.24, 2.45) is 0 Å². The van der Waals surface area contributed by atoms with E-state index in [2.05, 4.69) is 54.0 Å². The number of hydrogen-bond donors (Lipinski definition) is 1. The van der Waals surface area contributed by atoms with Crippen molar-refractivity contribution in [1.29, 1.82) is 0 Å². The lowest BCUT2D eigenvalue weighted by atomic mass is 10.2. The molecule has 0 saturated carbocycles. The molecule has 7 nitrogen and oxygen atoms in total. The van der Waals surface area contributed by atoms with E-state index in [1.165, 1.54) is 0 Å². The number of nitrogens with zero attached hydrogens (tertiary/aromatic N) is 6. The lowest BCUT2D eigenvalue weighted by molar-refractivity contribution is 0.634. The number of imidazole rings is 1. The molecule has 0 spiro atoms. The first kappa shape index (κ1) is 17.4. The second-order valence-corrected chi connectivity index (χ2v) is 6.93. The molecule has 0 unspecified atom stereocenters. The fourth-order valence-electron chi connectivity index (χ4n) is 3.53. The lowest BCUT2D eigenvalue weighted by Crippen LogP contribution is -2.47. The lowest BCUT2D eigenvalue weighted by Gasteiger charge is -2.35. The molecular weight excluding hydrogens is 362 g/mol. The van der Waals surface area contributed by atoms with E-state index in [4.69, 9.17) is 4.98 Å². The van der Waals surface area contributed by atoms with Gasteiger partial charge in [0.2, 0.25) is 5.95 Å². The number of aromatic nitrogens is 5. The molecule has 0 atom stereocenters. The average Bonchev–Trinajstić information content (AvgIpc) is 3.31. The fourth-order valence-corrected chi connectivity index (χ4v) is 3.53. The highest BCUT2D eigenvalue weighted by molar-refractivity contribution is 5.64. The zero-order valence-electron chi connectivity index (χ0n) is 15.9. The molecule has 3 aromatic heterocycles. The molecule has 1 fully saturated rings. The summed E-state index contributed by atoms with van der Waals surface area (Å²) in [6, 6.07) is 16.1. The molecule has 1 N–H and O–H groups in total. The summed E-state index contributed by atoms with van der Waals surface area (Å²) in [7, 11) is 0. The zero-order valence-corrected chi connectivity index (χ0v) is 15.9. The van der Waals surface area contributed by atoms with Crippen LogP contribution in [0, 0.1) is 0 Å². The van der Waals surface area contributed by atoms with Crippen LogP contribution in [0.5, 0.6) is 0 Å². The standard InChI is InChI=1S/C22H21N7/c1-2-5-17(6-3-1)19-16-26-21(27-19)18-7-8-20(25-15-18)28-11-13-29(14-12-28)22-23-9-4-10-24-22/h1-10,15-16H,11-14H2,(H,26,27). The van der Waals surface area contributed by atoms with E-state index in [0.717, 1.165) is 60.6 Å². The Morgan fingerprint density at radius 1 is 0.724 bits per heavy atom. The van der Waals surface area contributed by atoms with Crippen molar-refractivity contribution in [2.45, 2.75) is 0 Å². The molecule has 29 heavy (non-hydrogen) atoms. The van der Waals surface area contributed by atoms with E-state index < -0.39 is 0 Å². The van der Waals surface area contributed by atoms with E-state index in [1.54, 1.807) is 12.4 Å². The number of piperazine rings is 1. The first-order valence-corrected chi connectivity index (χ1v) is 9.71. The van der Waals surface area contributed by atoms with Gasteiger partial charge in [0.15, 0.2) is 0 Å². The van der Waals surface area contributed by atoms with Crippen molar-refractivity contribution in [3.8, 4) is 22.6 Å². The number of hydrogen-bond acceptors (Lipinski definition) is 6. The summed E-state index contributed by atoms with van der Waals surface area (Å²) in [5.41, 5.74) is 3.01. The number of benzene rings is 1. The number of H-pyrrole nitrogens is 1. The smallest absolute Gasteiger partial charge is 0.225 e. The minimum atomic E-state index is 0.794. The highest BCUT2D eigenvalue weighted by Crippen LogP contribution is 2.23. The fraction of sp³-hybridized carbons (Fsp3) is 0.182. The van der Waals surface area contributed by atoms with Crippen LogP contribution in [0.2, 0.25) is 0 Å². The third-order valence-electron chi connectivity index (χ3n) is 5.11. The topological polar surface area (TPSA) is 73.8 Å². The molecule has 0 aliphatic carbocycles. The van der Waals surface area contributed by atoms with Crippen LogP contribution in [0.4, 0.5) is 11.8 Å². The molecule has 0 radical (unpaired) electrons. The van der Waals surface area contributed by atoms with Gasteiger partial charge in [0, 0.05) is 62.1 Å². The van der Waals surface area contributed by atoms with Gasteiger partial charge >= 0.3 is 0 Å². The van der Waals surface area contributed by atoms with Crippen molar-refractivity contribution in [2.75, 3.05) is 36.0 Å². The molecule has 1 aliphatic rings. The Balaban J connectivity index is 1.26. The van der Waals surface area contributed by atoms with Crippen LogP contribution in [0.15, 0.2) is 73.3 Å². The molecular formula is C22H21N7. The largest absolute Gasteiger partial charge is 0.353 e. The molecule has 1 aliphatic heterocycles. The molecule has 0 bridgehead atoms. The number of rotatable bonds is 4. The van der Waals surface area contributed by atoms with Gasteiger partial charge in [-0.2, -0.15) is 0 Å². The van der Waals surface area contributed by atoms with Gasteiger partial charge in [0.25, 0.3) is 0 Å². The molecule has 1 saturated heterocycles. The molecule has 4 heterocycles. The van der Waals surface area contributed by atoms with E-state index in [1.807, 2.05) is 36.7 Å². The average molecular weight is 383 g/mol. The SMILES string of the molecule is c1ccc(-c2c[nH]c(-c3ccc(N4CCN(c5ncccn5)CC4)nc3)n2)cc1. The summed E-state index contributed by atoms with van der Waals surface area (Å²) in [6.45, 7) is 3.55. The molecule has 1 aromatic carbocycles. The van der Waals surface area contributed by atoms with E-state index in [9.17, 15) is 0 Å². The molecule has 0 amide bonds. The highest BCUT2D eigenvalue weighted by atomic mass is 15.3. The third kappa shape index (κ3) is 3.67. The molecule has 144 valence electrons.